The van der Waals surface area contributed by atoms with Gasteiger partial charge in [-0.15, -0.1) is 0 Å². The van der Waals surface area contributed by atoms with E-state index >= 15 is 4.39 Å². The number of hydrogen-bond acceptors (Lipinski definition) is 12. The van der Waals surface area contributed by atoms with Crippen molar-refractivity contribution in [3.05, 3.63) is 45.9 Å². The number of carbonyl (C=O) groups is 4. The Balaban J connectivity index is 1.34. The largest absolute Gasteiger partial charge is 0.496 e. The monoisotopic (exact) mass is 720 g/mol. The van der Waals surface area contributed by atoms with Crippen LogP contribution < -0.4 is 14.9 Å². The number of ether oxygens (including phenoxy) is 6. The second-order valence-corrected chi connectivity index (χ2v) is 16.9. The molecule has 0 spiro atoms. The van der Waals surface area contributed by atoms with E-state index in [-0.39, 0.29) is 51.8 Å². The third-order valence-electron chi connectivity index (χ3n) is 14.0. The molecule has 2 aliphatic carbocycles. The van der Waals surface area contributed by atoms with E-state index in [1.54, 1.807) is 55.4 Å². The quantitative estimate of drug-likeness (QED) is 0.172. The summed E-state index contributed by atoms with van der Waals surface area (Å²) in [6.45, 7) is 13.9. The van der Waals surface area contributed by atoms with Gasteiger partial charge in [-0.3, -0.25) is 14.4 Å². The maximum atomic E-state index is 15.3. The number of benzene rings is 2. The first-order chi connectivity index (χ1) is 24.1. The van der Waals surface area contributed by atoms with E-state index in [0.29, 0.717) is 12.8 Å². The van der Waals surface area contributed by atoms with Crippen molar-refractivity contribution in [3.63, 3.8) is 0 Å². The molecule has 6 atom stereocenters. The Morgan fingerprint density at radius 1 is 0.769 bits per heavy atom. The Labute approximate surface area is 298 Å². The lowest BCUT2D eigenvalue weighted by Crippen LogP contribution is -2.57. The molecule has 4 heterocycles. The lowest BCUT2D eigenvalue weighted by Gasteiger charge is -2.46. The number of fused-ring (bicyclic) bond motifs is 8. The van der Waals surface area contributed by atoms with Crippen molar-refractivity contribution in [2.45, 2.75) is 110 Å². The highest BCUT2D eigenvalue weighted by molar-refractivity contribution is 5.98. The molecule has 3 aliphatic heterocycles. The zero-order chi connectivity index (χ0) is 37.8. The molecule has 0 radical (unpaired) electrons. The summed E-state index contributed by atoms with van der Waals surface area (Å²) in [6, 6.07) is 5.36. The second-order valence-electron chi connectivity index (χ2n) is 16.9. The average molecular weight is 721 g/mol. The van der Waals surface area contributed by atoms with Crippen LogP contribution in [0.5, 0.6) is 11.5 Å². The molecule has 4 unspecified atom stereocenters. The minimum absolute atomic E-state index is 0.0285. The molecular weight excluding hydrogens is 679 g/mol. The van der Waals surface area contributed by atoms with E-state index in [1.807, 2.05) is 0 Å². The van der Waals surface area contributed by atoms with E-state index < -0.39 is 85.8 Å². The smallest absolute Gasteiger partial charge is 0.351 e. The van der Waals surface area contributed by atoms with E-state index in [0.717, 1.165) is 6.07 Å². The summed E-state index contributed by atoms with van der Waals surface area (Å²) < 4.78 is 58.0. The third-order valence-corrected chi connectivity index (χ3v) is 14.0. The average Bonchev–Trinajstić information content (AvgIpc) is 3.54. The van der Waals surface area contributed by atoms with Crippen LogP contribution in [0.25, 0.3) is 21.9 Å². The van der Waals surface area contributed by atoms with Gasteiger partial charge in [0.1, 0.15) is 22.5 Å². The Bertz CT molecular complexity index is 2240. The highest BCUT2D eigenvalue weighted by atomic mass is 19.1. The van der Waals surface area contributed by atoms with Crippen LogP contribution in [-0.2, 0) is 38.1 Å². The minimum Gasteiger partial charge on any atom is -0.496 e. The van der Waals surface area contributed by atoms with Gasteiger partial charge in [0.05, 0.1) is 28.9 Å². The van der Waals surface area contributed by atoms with Crippen molar-refractivity contribution in [3.8, 4) is 11.5 Å². The molecule has 12 nitrogen and oxygen atoms in total. The SMILES string of the molecule is COc1cc2c(c3oc4c(F)cccc4c(=O)c13)[C@@H](OC(=O)C13CCC(C)(C(=O)O1)C3(C)C)[C@@H](OC(=O)C13CCC(C)(C(=O)O1)C3(C)C)C(C)(C)O2. The van der Waals surface area contributed by atoms with Crippen molar-refractivity contribution in [1.82, 2.24) is 0 Å². The van der Waals surface area contributed by atoms with Crippen molar-refractivity contribution in [2.75, 3.05) is 7.11 Å². The summed E-state index contributed by atoms with van der Waals surface area (Å²) in [4.78, 5) is 69.6. The summed E-state index contributed by atoms with van der Waals surface area (Å²) in [5.41, 5.74) is -9.96. The molecule has 8 rings (SSSR count). The van der Waals surface area contributed by atoms with Crippen molar-refractivity contribution < 1.29 is 56.4 Å². The van der Waals surface area contributed by atoms with Crippen molar-refractivity contribution in [2.24, 2.45) is 21.7 Å². The highest BCUT2D eigenvalue weighted by Crippen LogP contribution is 2.68. The van der Waals surface area contributed by atoms with E-state index in [2.05, 4.69) is 0 Å². The summed E-state index contributed by atoms with van der Waals surface area (Å²) in [5.74, 6) is -3.55. The summed E-state index contributed by atoms with van der Waals surface area (Å²) >= 11 is 0. The molecule has 3 aromatic rings. The number of carbonyl (C=O) groups excluding carboxylic acids is 4. The van der Waals surface area contributed by atoms with E-state index in [4.69, 9.17) is 32.8 Å². The van der Waals surface area contributed by atoms with Crippen LogP contribution in [0.2, 0.25) is 0 Å². The maximum absolute atomic E-state index is 15.3. The third kappa shape index (κ3) is 3.74. The molecule has 0 amide bonds. The zero-order valence-corrected chi connectivity index (χ0v) is 30.6. The van der Waals surface area contributed by atoms with Gasteiger partial charge in [0, 0.05) is 16.9 Å². The summed E-state index contributed by atoms with van der Waals surface area (Å²) in [6.07, 6.45) is -1.92. The lowest BCUT2D eigenvalue weighted by atomic mass is 9.66. The van der Waals surface area contributed by atoms with Gasteiger partial charge in [-0.2, -0.15) is 0 Å². The first-order valence-corrected chi connectivity index (χ1v) is 17.5. The molecule has 0 N–H and O–H groups in total. The van der Waals surface area contributed by atoms with Gasteiger partial charge in [0.25, 0.3) is 0 Å². The number of para-hydroxylation sites is 1. The van der Waals surface area contributed by atoms with Crippen LogP contribution >= 0.6 is 0 Å². The zero-order valence-electron chi connectivity index (χ0n) is 30.6. The molecule has 4 bridgehead atoms. The number of methoxy groups -OCH3 is 1. The first kappa shape index (κ1) is 34.4. The van der Waals surface area contributed by atoms with Crippen LogP contribution in [0.4, 0.5) is 4.39 Å². The second kappa shape index (κ2) is 10.0. The first-order valence-electron chi connectivity index (χ1n) is 17.5. The van der Waals surface area contributed by atoms with Gasteiger partial charge in [-0.25, -0.2) is 14.0 Å². The molecular formula is C39H41FO12. The fourth-order valence-electron chi connectivity index (χ4n) is 9.50. The lowest BCUT2D eigenvalue weighted by molar-refractivity contribution is -0.217. The van der Waals surface area contributed by atoms with Crippen LogP contribution in [0.1, 0.15) is 92.7 Å². The number of hydrogen-bond donors (Lipinski definition) is 0. The van der Waals surface area contributed by atoms with Crippen LogP contribution in [0.15, 0.2) is 33.5 Å². The molecule has 2 saturated carbocycles. The van der Waals surface area contributed by atoms with Crippen molar-refractivity contribution >= 4 is 45.8 Å². The van der Waals surface area contributed by atoms with E-state index in [1.165, 1.54) is 25.3 Å². The predicted molar refractivity (Wildman–Crippen MR) is 180 cm³/mol. The number of halogens is 1. The molecule has 4 fully saturated rings. The fraction of sp³-hybridized carbons (Fsp3) is 0.564. The molecule has 276 valence electrons. The number of esters is 4. The van der Waals surface area contributed by atoms with Gasteiger partial charge in [0.2, 0.25) is 16.6 Å². The topological polar surface area (TPSA) is 154 Å². The number of rotatable bonds is 5. The van der Waals surface area contributed by atoms with Crippen LogP contribution in [0.3, 0.4) is 0 Å². The predicted octanol–water partition coefficient (Wildman–Crippen LogP) is 6.00. The Morgan fingerprint density at radius 2 is 1.33 bits per heavy atom. The van der Waals surface area contributed by atoms with Gasteiger partial charge in [-0.05, 0) is 65.5 Å². The summed E-state index contributed by atoms with van der Waals surface area (Å²) in [7, 11) is 1.35. The molecule has 2 aromatic carbocycles. The van der Waals surface area contributed by atoms with Gasteiger partial charge in [0.15, 0.2) is 29.2 Å². The molecule has 13 heteroatoms. The Kier molecular flexibility index (Phi) is 6.65. The Morgan fingerprint density at radius 3 is 1.83 bits per heavy atom. The van der Waals surface area contributed by atoms with Gasteiger partial charge < -0.3 is 32.8 Å². The normalized spacial score (nSPS) is 34.4. The van der Waals surface area contributed by atoms with Crippen LogP contribution in [-0.4, -0.2) is 53.9 Å². The molecule has 52 heavy (non-hydrogen) atoms. The Hall–Kier alpha value is -4.68. The van der Waals surface area contributed by atoms with Crippen molar-refractivity contribution in [1.29, 1.82) is 0 Å². The maximum Gasteiger partial charge on any atom is 0.351 e. The standard InChI is InChI=1S/C39H41FO12/c1-33(2)28(49-32(45)39-16-14-37(8,30(43)52-39)35(39,5)6)27(48-31(44)38-15-13-36(7,29(42)51-38)34(38,3)4)23-21(50-33)17-20(46-9)22-24(41)18-11-10-12-19(40)25(18)47-26(22)23/h10-12,17,27-28H,13-16H2,1-9H3/t27-,28-,36?,37?,38?,39?/m1/s1. The van der Waals surface area contributed by atoms with Gasteiger partial charge >= 0.3 is 23.9 Å². The molecule has 5 aliphatic rings. The fourth-order valence-corrected chi connectivity index (χ4v) is 9.50. The van der Waals surface area contributed by atoms with Crippen LogP contribution in [0, 0.1) is 27.5 Å². The highest BCUT2D eigenvalue weighted by Gasteiger charge is 2.78. The van der Waals surface area contributed by atoms with E-state index in [9.17, 15) is 24.0 Å². The molecule has 1 aromatic heterocycles. The minimum atomic E-state index is -1.70. The van der Waals surface area contributed by atoms with Gasteiger partial charge in [-0.1, -0.05) is 33.8 Å². The molecule has 2 saturated heterocycles. The summed E-state index contributed by atoms with van der Waals surface area (Å²) in [5, 5.41) is -0.152.